The first-order chi connectivity index (χ1) is 11.8. The summed E-state index contributed by atoms with van der Waals surface area (Å²) < 4.78 is 15.5. The van der Waals surface area contributed by atoms with E-state index in [2.05, 4.69) is 6.58 Å². The molecule has 1 N–H and O–H groups in total. The molecule has 0 aromatic heterocycles. The minimum absolute atomic E-state index is 0.0127. The van der Waals surface area contributed by atoms with Gasteiger partial charge in [0, 0.05) is 18.9 Å². The smallest absolute Gasteiger partial charge is 0.330 e. The fourth-order valence-corrected chi connectivity index (χ4v) is 4.36. The summed E-state index contributed by atoms with van der Waals surface area (Å²) in [4.78, 5) is 46.8. The highest BCUT2D eigenvalue weighted by atomic mass is 16.7. The highest BCUT2D eigenvalue weighted by Crippen LogP contribution is 2.67. The number of ether oxygens (including phenoxy) is 3. The minimum atomic E-state index is -1.57. The Labute approximate surface area is 144 Å². The van der Waals surface area contributed by atoms with E-state index < -0.39 is 41.0 Å². The zero-order valence-corrected chi connectivity index (χ0v) is 13.7. The minimum Gasteiger partial charge on any atom is -0.480 e. The van der Waals surface area contributed by atoms with Crippen LogP contribution in [0.3, 0.4) is 0 Å². The lowest BCUT2D eigenvalue weighted by Crippen LogP contribution is -2.46. The molecule has 0 amide bonds. The predicted octanol–water partition coefficient (Wildman–Crippen LogP) is 1.18. The van der Waals surface area contributed by atoms with Crippen molar-refractivity contribution < 1.29 is 38.5 Å². The first-order valence-electron chi connectivity index (χ1n) is 8.32. The van der Waals surface area contributed by atoms with Crippen molar-refractivity contribution in [3.8, 4) is 0 Å². The zero-order chi connectivity index (χ0) is 18.2. The van der Waals surface area contributed by atoms with Crippen LogP contribution in [0.2, 0.25) is 0 Å². The third-order valence-corrected chi connectivity index (χ3v) is 5.36. The maximum atomic E-state index is 12.2. The molecule has 25 heavy (non-hydrogen) atoms. The van der Waals surface area contributed by atoms with E-state index in [0.717, 1.165) is 6.08 Å². The van der Waals surface area contributed by atoms with Gasteiger partial charge in [-0.3, -0.25) is 14.4 Å². The lowest BCUT2D eigenvalue weighted by atomic mass is 9.73. The lowest BCUT2D eigenvalue weighted by molar-refractivity contribution is -0.223. The zero-order valence-electron chi connectivity index (χ0n) is 13.7. The van der Waals surface area contributed by atoms with E-state index in [1.54, 1.807) is 0 Å². The molecular formula is C17H20O8. The highest BCUT2D eigenvalue weighted by molar-refractivity contribution is 6.02. The van der Waals surface area contributed by atoms with Crippen molar-refractivity contribution in [2.75, 3.05) is 6.61 Å². The van der Waals surface area contributed by atoms with E-state index in [-0.39, 0.29) is 25.4 Å². The van der Waals surface area contributed by atoms with Gasteiger partial charge in [0.25, 0.3) is 5.79 Å². The van der Waals surface area contributed by atoms with Gasteiger partial charge in [-0.25, -0.2) is 4.79 Å². The third-order valence-electron chi connectivity index (χ3n) is 5.36. The maximum absolute atomic E-state index is 12.2. The number of carboxylic acids is 1. The number of hydrogen-bond donors (Lipinski definition) is 1. The molecule has 0 spiro atoms. The quantitative estimate of drug-likeness (QED) is 0.300. The molecule has 4 unspecified atom stereocenters. The van der Waals surface area contributed by atoms with E-state index >= 15 is 0 Å². The van der Waals surface area contributed by atoms with Crippen molar-refractivity contribution in [2.45, 2.75) is 44.3 Å². The van der Waals surface area contributed by atoms with Gasteiger partial charge in [-0.2, -0.15) is 0 Å². The Balaban J connectivity index is 1.54. The van der Waals surface area contributed by atoms with Crippen LogP contribution in [0.5, 0.6) is 0 Å². The van der Waals surface area contributed by atoms with Gasteiger partial charge >= 0.3 is 23.9 Å². The number of rotatable bonds is 8. The number of aliphatic carboxylic acids is 1. The number of esters is 3. The average Bonchev–Trinajstić information content (AvgIpc) is 3.12. The van der Waals surface area contributed by atoms with Crippen LogP contribution in [0.15, 0.2) is 12.7 Å². The van der Waals surface area contributed by atoms with Gasteiger partial charge in [-0.05, 0) is 31.6 Å². The second-order valence-corrected chi connectivity index (χ2v) is 6.84. The second kappa shape index (κ2) is 6.16. The highest BCUT2D eigenvalue weighted by Gasteiger charge is 2.79. The molecular weight excluding hydrogens is 332 g/mol. The monoisotopic (exact) mass is 352 g/mol. The van der Waals surface area contributed by atoms with Gasteiger partial charge in [0.05, 0.1) is 12.5 Å². The van der Waals surface area contributed by atoms with Gasteiger partial charge in [0.15, 0.2) is 5.41 Å². The predicted molar refractivity (Wildman–Crippen MR) is 80.8 cm³/mol. The van der Waals surface area contributed by atoms with E-state index in [9.17, 15) is 24.3 Å². The van der Waals surface area contributed by atoms with Crippen molar-refractivity contribution in [3.63, 3.8) is 0 Å². The SMILES string of the molecule is C=CC(=O)OCCCCC(=O)OC12CC3CC1C(C(=O)O)(C3)C(=O)O2. The number of hydrogen-bond acceptors (Lipinski definition) is 7. The molecule has 3 rings (SSSR count). The summed E-state index contributed by atoms with van der Waals surface area (Å²) in [6.45, 7) is 3.45. The molecule has 2 saturated carbocycles. The summed E-state index contributed by atoms with van der Waals surface area (Å²) in [5.74, 6) is -5.10. The van der Waals surface area contributed by atoms with Crippen molar-refractivity contribution in [3.05, 3.63) is 12.7 Å². The molecule has 0 aromatic rings. The normalized spacial score (nSPS) is 34.5. The molecule has 2 bridgehead atoms. The van der Waals surface area contributed by atoms with Gasteiger partial charge in [0.1, 0.15) is 0 Å². The van der Waals surface area contributed by atoms with Crippen LogP contribution >= 0.6 is 0 Å². The summed E-state index contributed by atoms with van der Waals surface area (Å²) in [7, 11) is 0. The van der Waals surface area contributed by atoms with Crippen LogP contribution in [-0.2, 0) is 33.4 Å². The van der Waals surface area contributed by atoms with Gasteiger partial charge < -0.3 is 19.3 Å². The van der Waals surface area contributed by atoms with Gasteiger partial charge in [-0.15, -0.1) is 0 Å². The summed E-state index contributed by atoms with van der Waals surface area (Å²) in [6.07, 6.45) is 3.18. The summed E-state index contributed by atoms with van der Waals surface area (Å²) in [6, 6.07) is 0. The molecule has 8 heteroatoms. The van der Waals surface area contributed by atoms with Crippen LogP contribution in [-0.4, -0.2) is 41.4 Å². The van der Waals surface area contributed by atoms with Crippen LogP contribution < -0.4 is 0 Å². The molecule has 1 saturated heterocycles. The molecule has 8 nitrogen and oxygen atoms in total. The molecule has 3 aliphatic rings. The molecule has 1 aliphatic heterocycles. The van der Waals surface area contributed by atoms with E-state index in [0.29, 0.717) is 25.7 Å². The number of unbranched alkanes of at least 4 members (excludes halogenated alkanes) is 1. The molecule has 2 aliphatic carbocycles. The first-order valence-corrected chi connectivity index (χ1v) is 8.32. The summed E-state index contributed by atoms with van der Waals surface area (Å²) >= 11 is 0. The summed E-state index contributed by atoms with van der Waals surface area (Å²) in [5.41, 5.74) is -1.57. The number of carbonyl (C=O) groups is 4. The van der Waals surface area contributed by atoms with Crippen molar-refractivity contribution in [1.29, 1.82) is 0 Å². The van der Waals surface area contributed by atoms with Gasteiger partial charge in [0.2, 0.25) is 0 Å². The molecule has 0 aromatic carbocycles. The van der Waals surface area contributed by atoms with E-state index in [4.69, 9.17) is 14.2 Å². The fraction of sp³-hybridized carbons (Fsp3) is 0.647. The topological polar surface area (TPSA) is 116 Å². The Bertz CT molecular complexity index is 641. The largest absolute Gasteiger partial charge is 0.480 e. The molecule has 0 radical (unpaired) electrons. The van der Waals surface area contributed by atoms with Crippen LogP contribution in [0.1, 0.15) is 38.5 Å². The van der Waals surface area contributed by atoms with Crippen LogP contribution in [0, 0.1) is 17.3 Å². The van der Waals surface area contributed by atoms with Crippen molar-refractivity contribution in [2.24, 2.45) is 17.3 Å². The van der Waals surface area contributed by atoms with Crippen LogP contribution in [0.4, 0.5) is 0 Å². The third kappa shape index (κ3) is 2.69. The van der Waals surface area contributed by atoms with Crippen LogP contribution in [0.25, 0.3) is 0 Å². The number of carboxylic acid groups (broad SMARTS) is 1. The number of carbonyl (C=O) groups excluding carboxylic acids is 3. The van der Waals surface area contributed by atoms with Crippen molar-refractivity contribution >= 4 is 23.9 Å². The second-order valence-electron chi connectivity index (χ2n) is 6.84. The summed E-state index contributed by atoms with van der Waals surface area (Å²) in [5, 5.41) is 9.51. The first kappa shape index (κ1) is 17.4. The molecule has 136 valence electrons. The fourth-order valence-electron chi connectivity index (χ4n) is 4.36. The Morgan fingerprint density at radius 2 is 2.08 bits per heavy atom. The molecule has 1 heterocycles. The maximum Gasteiger partial charge on any atom is 0.330 e. The standard InChI is InChI=1S/C17H20O8/c1-2-12(18)23-6-4-3-5-13(19)24-17-9-10-7-11(17)16(8-10,14(20)21)15(22)25-17/h2,10-11H,1,3-9H2,(H,20,21). The Morgan fingerprint density at radius 1 is 1.32 bits per heavy atom. The Hall–Kier alpha value is -2.38. The average molecular weight is 352 g/mol. The van der Waals surface area contributed by atoms with Crippen molar-refractivity contribution in [1.82, 2.24) is 0 Å². The Kier molecular flexibility index (Phi) is 4.30. The van der Waals surface area contributed by atoms with E-state index in [1.165, 1.54) is 0 Å². The molecule has 3 fully saturated rings. The Morgan fingerprint density at radius 3 is 2.72 bits per heavy atom. The van der Waals surface area contributed by atoms with E-state index in [1.807, 2.05) is 0 Å². The van der Waals surface area contributed by atoms with Gasteiger partial charge in [-0.1, -0.05) is 6.58 Å². The molecule has 4 atom stereocenters. The number of fused-ring (bicyclic) bond motifs is 1. The lowest BCUT2D eigenvalue weighted by Gasteiger charge is -2.32.